The van der Waals surface area contributed by atoms with Crippen molar-refractivity contribution in [3.05, 3.63) is 35.4 Å². The smallest absolute Gasteiger partial charge is 0.129 e. The number of hydrogen-bond acceptors (Lipinski definition) is 2. The molecule has 1 fully saturated rings. The first-order chi connectivity index (χ1) is 9.05. The molecule has 1 aliphatic rings. The van der Waals surface area contributed by atoms with E-state index in [-0.39, 0.29) is 5.54 Å². The fourth-order valence-electron chi connectivity index (χ4n) is 2.82. The summed E-state index contributed by atoms with van der Waals surface area (Å²) < 4.78 is 26.7. The zero-order chi connectivity index (χ0) is 13.9. The van der Waals surface area contributed by atoms with Gasteiger partial charge in [0, 0.05) is 18.2 Å². The monoisotopic (exact) mass is 268 g/mol. The van der Waals surface area contributed by atoms with Gasteiger partial charge in [0.25, 0.3) is 0 Å². The van der Waals surface area contributed by atoms with Gasteiger partial charge in [-0.2, -0.15) is 0 Å². The minimum atomic E-state index is -0.534. The van der Waals surface area contributed by atoms with Crippen LogP contribution in [0.1, 0.15) is 31.7 Å². The van der Waals surface area contributed by atoms with Crippen molar-refractivity contribution in [3.8, 4) is 0 Å². The number of nitrogens with two attached hydrogens (primary N) is 1. The summed E-state index contributed by atoms with van der Waals surface area (Å²) in [5.41, 5.74) is 6.22. The van der Waals surface area contributed by atoms with E-state index in [0.29, 0.717) is 18.5 Å². The van der Waals surface area contributed by atoms with Gasteiger partial charge in [-0.25, -0.2) is 8.78 Å². The van der Waals surface area contributed by atoms with E-state index in [9.17, 15) is 8.78 Å². The highest BCUT2D eigenvalue weighted by molar-refractivity contribution is 5.21. The summed E-state index contributed by atoms with van der Waals surface area (Å²) in [6.45, 7) is 4.57. The number of piperidine rings is 1. The molecule has 1 atom stereocenters. The molecule has 2 rings (SSSR count). The number of halogens is 2. The standard InChI is InChI=1S/C15H22F2N2/c1-15(11-18,19-7-3-2-4-8-19)10-12-5-6-13(16)9-14(12)17/h5-6,9H,2-4,7-8,10-11,18H2,1H3. The molecule has 1 aromatic rings. The van der Waals surface area contributed by atoms with E-state index >= 15 is 0 Å². The fourth-order valence-corrected chi connectivity index (χ4v) is 2.82. The summed E-state index contributed by atoms with van der Waals surface area (Å²) >= 11 is 0. The molecule has 0 aromatic heterocycles. The van der Waals surface area contributed by atoms with Gasteiger partial charge >= 0.3 is 0 Å². The lowest BCUT2D eigenvalue weighted by Crippen LogP contribution is -2.55. The van der Waals surface area contributed by atoms with Crippen LogP contribution in [0.15, 0.2) is 18.2 Å². The Morgan fingerprint density at radius 1 is 1.21 bits per heavy atom. The largest absolute Gasteiger partial charge is 0.329 e. The third-order valence-corrected chi connectivity index (χ3v) is 4.15. The van der Waals surface area contributed by atoms with Crippen LogP contribution in [-0.2, 0) is 6.42 Å². The molecule has 2 N–H and O–H groups in total. The Kier molecular flexibility index (Phi) is 4.53. The second kappa shape index (κ2) is 5.97. The number of likely N-dealkylation sites (tertiary alicyclic amines) is 1. The third kappa shape index (κ3) is 3.31. The van der Waals surface area contributed by atoms with E-state index in [1.165, 1.54) is 31.4 Å². The topological polar surface area (TPSA) is 29.3 Å². The van der Waals surface area contributed by atoms with Crippen molar-refractivity contribution in [2.45, 2.75) is 38.1 Å². The van der Waals surface area contributed by atoms with Crippen LogP contribution in [-0.4, -0.2) is 30.1 Å². The average Bonchev–Trinajstić information content (AvgIpc) is 2.43. The van der Waals surface area contributed by atoms with E-state index in [2.05, 4.69) is 11.8 Å². The molecule has 4 heteroatoms. The quantitative estimate of drug-likeness (QED) is 0.909. The summed E-state index contributed by atoms with van der Waals surface area (Å²) in [6.07, 6.45) is 4.11. The summed E-state index contributed by atoms with van der Waals surface area (Å²) in [7, 11) is 0. The summed E-state index contributed by atoms with van der Waals surface area (Å²) in [5, 5.41) is 0. The molecule has 0 saturated carbocycles. The molecule has 1 saturated heterocycles. The highest BCUT2D eigenvalue weighted by atomic mass is 19.1. The lowest BCUT2D eigenvalue weighted by Gasteiger charge is -2.43. The van der Waals surface area contributed by atoms with Crippen molar-refractivity contribution in [1.82, 2.24) is 4.90 Å². The van der Waals surface area contributed by atoms with Crippen LogP contribution in [0, 0.1) is 11.6 Å². The molecule has 1 aromatic carbocycles. The van der Waals surface area contributed by atoms with Gasteiger partial charge in [0.15, 0.2) is 0 Å². The van der Waals surface area contributed by atoms with E-state index in [0.717, 1.165) is 19.2 Å². The molecule has 2 nitrogen and oxygen atoms in total. The highest BCUT2D eigenvalue weighted by Crippen LogP contribution is 2.25. The predicted molar refractivity (Wildman–Crippen MR) is 72.9 cm³/mol. The molecular formula is C15H22F2N2. The van der Waals surface area contributed by atoms with Crippen LogP contribution in [0.3, 0.4) is 0 Å². The van der Waals surface area contributed by atoms with Gasteiger partial charge in [-0.1, -0.05) is 12.5 Å². The zero-order valence-corrected chi connectivity index (χ0v) is 11.5. The maximum Gasteiger partial charge on any atom is 0.129 e. The maximum atomic E-state index is 13.8. The second-order valence-corrected chi connectivity index (χ2v) is 5.66. The molecule has 0 bridgehead atoms. The SMILES string of the molecule is CC(CN)(Cc1ccc(F)cc1F)N1CCCCC1. The van der Waals surface area contributed by atoms with Gasteiger partial charge in [0.1, 0.15) is 11.6 Å². The van der Waals surface area contributed by atoms with Crippen LogP contribution >= 0.6 is 0 Å². The lowest BCUT2D eigenvalue weighted by atomic mass is 9.89. The Morgan fingerprint density at radius 3 is 2.47 bits per heavy atom. The van der Waals surface area contributed by atoms with E-state index in [4.69, 9.17) is 5.73 Å². The first-order valence-electron chi connectivity index (χ1n) is 6.94. The van der Waals surface area contributed by atoms with Crippen molar-refractivity contribution in [2.24, 2.45) is 5.73 Å². The second-order valence-electron chi connectivity index (χ2n) is 5.66. The van der Waals surface area contributed by atoms with Crippen molar-refractivity contribution >= 4 is 0 Å². The Hall–Kier alpha value is -1.00. The van der Waals surface area contributed by atoms with E-state index in [1.807, 2.05) is 0 Å². The normalized spacial score (nSPS) is 20.2. The highest BCUT2D eigenvalue weighted by Gasteiger charge is 2.32. The summed E-state index contributed by atoms with van der Waals surface area (Å²) in [5.74, 6) is -1.01. The molecule has 106 valence electrons. The zero-order valence-electron chi connectivity index (χ0n) is 11.5. The minimum absolute atomic E-state index is 0.251. The van der Waals surface area contributed by atoms with Gasteiger partial charge in [0.2, 0.25) is 0 Å². The first-order valence-corrected chi connectivity index (χ1v) is 6.94. The molecule has 0 spiro atoms. The Bertz CT molecular complexity index is 430. The summed E-state index contributed by atoms with van der Waals surface area (Å²) in [4.78, 5) is 2.35. The molecule has 19 heavy (non-hydrogen) atoms. The van der Waals surface area contributed by atoms with E-state index < -0.39 is 11.6 Å². The van der Waals surface area contributed by atoms with Crippen molar-refractivity contribution in [2.75, 3.05) is 19.6 Å². The Morgan fingerprint density at radius 2 is 1.89 bits per heavy atom. The average molecular weight is 268 g/mol. The molecule has 0 amide bonds. The molecular weight excluding hydrogens is 246 g/mol. The minimum Gasteiger partial charge on any atom is -0.329 e. The van der Waals surface area contributed by atoms with E-state index in [1.54, 1.807) is 0 Å². The van der Waals surface area contributed by atoms with Gasteiger partial charge < -0.3 is 5.73 Å². The van der Waals surface area contributed by atoms with Crippen LogP contribution in [0.2, 0.25) is 0 Å². The number of nitrogens with zero attached hydrogens (tertiary/aromatic N) is 1. The summed E-state index contributed by atoms with van der Waals surface area (Å²) in [6, 6.07) is 3.79. The number of hydrogen-bond donors (Lipinski definition) is 1. The molecule has 0 radical (unpaired) electrons. The maximum absolute atomic E-state index is 13.8. The molecule has 0 aliphatic carbocycles. The van der Waals surface area contributed by atoms with Crippen LogP contribution in [0.5, 0.6) is 0 Å². The van der Waals surface area contributed by atoms with Crippen LogP contribution < -0.4 is 5.73 Å². The Balaban J connectivity index is 2.16. The van der Waals surface area contributed by atoms with Crippen molar-refractivity contribution in [1.29, 1.82) is 0 Å². The third-order valence-electron chi connectivity index (χ3n) is 4.15. The van der Waals surface area contributed by atoms with Gasteiger partial charge in [-0.15, -0.1) is 0 Å². The fraction of sp³-hybridized carbons (Fsp3) is 0.600. The predicted octanol–water partition coefficient (Wildman–Crippen LogP) is 2.71. The Labute approximate surface area is 113 Å². The van der Waals surface area contributed by atoms with Crippen molar-refractivity contribution in [3.63, 3.8) is 0 Å². The molecule has 1 heterocycles. The molecule has 1 aliphatic heterocycles. The number of benzene rings is 1. The van der Waals surface area contributed by atoms with Gasteiger partial charge in [0.05, 0.1) is 0 Å². The lowest BCUT2D eigenvalue weighted by molar-refractivity contribution is 0.0862. The van der Waals surface area contributed by atoms with Crippen molar-refractivity contribution < 1.29 is 8.78 Å². The molecule has 1 unspecified atom stereocenters. The van der Waals surface area contributed by atoms with Gasteiger partial charge in [-0.05, 0) is 50.9 Å². The first kappa shape index (κ1) is 14.4. The van der Waals surface area contributed by atoms with Crippen LogP contribution in [0.25, 0.3) is 0 Å². The van der Waals surface area contributed by atoms with Crippen LogP contribution in [0.4, 0.5) is 8.78 Å². The van der Waals surface area contributed by atoms with Gasteiger partial charge in [-0.3, -0.25) is 4.90 Å². The number of rotatable bonds is 4.